The lowest BCUT2D eigenvalue weighted by molar-refractivity contribution is 0.0952. The van der Waals surface area contributed by atoms with E-state index in [9.17, 15) is 4.79 Å². The number of hydrogen-bond donors (Lipinski definition) is 1. The Morgan fingerprint density at radius 3 is 2.00 bits per heavy atom. The molecule has 3 aromatic rings. The fourth-order valence-electron chi connectivity index (χ4n) is 2.94. The van der Waals surface area contributed by atoms with Gasteiger partial charge >= 0.3 is 0 Å². The number of hydrazone groups is 1. The third kappa shape index (κ3) is 4.24. The van der Waals surface area contributed by atoms with Crippen LogP contribution < -0.4 is 24.4 Å². The predicted molar refractivity (Wildman–Crippen MR) is 112 cm³/mol. The van der Waals surface area contributed by atoms with Crippen LogP contribution in [0.5, 0.6) is 23.0 Å². The van der Waals surface area contributed by atoms with E-state index in [1.165, 1.54) is 20.4 Å². The quantitative estimate of drug-likeness (QED) is 0.489. The van der Waals surface area contributed by atoms with E-state index in [2.05, 4.69) is 10.5 Å². The van der Waals surface area contributed by atoms with Crippen LogP contribution in [-0.2, 0) is 0 Å². The first-order chi connectivity index (χ1) is 14.1. The summed E-state index contributed by atoms with van der Waals surface area (Å²) < 4.78 is 21.3. The average molecular weight is 394 g/mol. The second-order valence-electron chi connectivity index (χ2n) is 6.05. The summed E-state index contributed by atoms with van der Waals surface area (Å²) in [6.07, 6.45) is 1.48. The number of carbonyl (C=O) groups excluding carboxylic acids is 1. The molecule has 7 nitrogen and oxygen atoms in total. The molecule has 0 aromatic heterocycles. The lowest BCUT2D eigenvalue weighted by Gasteiger charge is -2.12. The summed E-state index contributed by atoms with van der Waals surface area (Å²) >= 11 is 0. The van der Waals surface area contributed by atoms with Crippen LogP contribution in [0.4, 0.5) is 0 Å². The first-order valence-corrected chi connectivity index (χ1v) is 8.81. The summed E-state index contributed by atoms with van der Waals surface area (Å²) in [4.78, 5) is 12.7. The van der Waals surface area contributed by atoms with E-state index in [0.717, 1.165) is 10.8 Å². The number of carbonyl (C=O) groups is 1. The molecule has 0 aliphatic carbocycles. The molecule has 0 saturated carbocycles. The van der Waals surface area contributed by atoms with Crippen molar-refractivity contribution in [3.05, 3.63) is 59.7 Å². The lowest BCUT2D eigenvalue weighted by Crippen LogP contribution is -2.18. The Bertz CT molecular complexity index is 1060. The van der Waals surface area contributed by atoms with Crippen molar-refractivity contribution < 1.29 is 23.7 Å². The fraction of sp³-hybridized carbons (Fsp3) is 0.182. The molecular formula is C22H22N2O5. The van der Waals surface area contributed by atoms with Crippen molar-refractivity contribution in [2.75, 3.05) is 28.4 Å². The van der Waals surface area contributed by atoms with Gasteiger partial charge in [-0.05, 0) is 29.0 Å². The Morgan fingerprint density at radius 1 is 0.793 bits per heavy atom. The van der Waals surface area contributed by atoms with Gasteiger partial charge in [0.25, 0.3) is 5.91 Å². The largest absolute Gasteiger partial charge is 0.496 e. The number of ether oxygens (including phenoxy) is 4. The summed E-state index contributed by atoms with van der Waals surface area (Å²) in [5, 5.41) is 5.98. The molecule has 0 heterocycles. The highest BCUT2D eigenvalue weighted by atomic mass is 16.5. The van der Waals surface area contributed by atoms with Crippen molar-refractivity contribution in [1.29, 1.82) is 0 Å². The second kappa shape index (κ2) is 8.97. The minimum absolute atomic E-state index is 0.386. The maximum atomic E-state index is 12.7. The van der Waals surface area contributed by atoms with Gasteiger partial charge in [0.1, 0.15) is 11.5 Å². The maximum absolute atomic E-state index is 12.7. The van der Waals surface area contributed by atoms with Crippen LogP contribution in [-0.4, -0.2) is 40.6 Å². The molecule has 1 amide bonds. The van der Waals surface area contributed by atoms with E-state index in [1.807, 2.05) is 30.3 Å². The van der Waals surface area contributed by atoms with Crippen molar-refractivity contribution in [1.82, 2.24) is 5.43 Å². The first kappa shape index (κ1) is 20.0. The van der Waals surface area contributed by atoms with Gasteiger partial charge in [0.05, 0.1) is 40.2 Å². The molecule has 0 atom stereocenters. The standard InChI is InChI=1S/C22H22N2O5/c1-26-18-12-21(29-4)20(28-3)11-16(18)13-23-24-22(25)17-9-14-7-5-6-8-15(14)10-19(17)27-2/h5-13H,1-4H3,(H,24,25). The summed E-state index contributed by atoms with van der Waals surface area (Å²) in [5.41, 5.74) is 3.54. The number of nitrogens with zero attached hydrogens (tertiary/aromatic N) is 1. The molecule has 0 aliphatic rings. The number of hydrogen-bond acceptors (Lipinski definition) is 6. The third-order valence-corrected chi connectivity index (χ3v) is 4.42. The van der Waals surface area contributed by atoms with Gasteiger partial charge in [-0.3, -0.25) is 4.79 Å². The van der Waals surface area contributed by atoms with E-state index in [0.29, 0.717) is 34.1 Å². The van der Waals surface area contributed by atoms with Crippen LogP contribution in [0.2, 0.25) is 0 Å². The Morgan fingerprint density at radius 2 is 1.38 bits per heavy atom. The number of benzene rings is 3. The van der Waals surface area contributed by atoms with Crippen LogP contribution in [0.1, 0.15) is 15.9 Å². The van der Waals surface area contributed by atoms with Crippen molar-refractivity contribution in [3.8, 4) is 23.0 Å². The second-order valence-corrected chi connectivity index (χ2v) is 6.05. The van der Waals surface area contributed by atoms with Crippen LogP contribution in [0.25, 0.3) is 10.8 Å². The minimum Gasteiger partial charge on any atom is -0.496 e. The SMILES string of the molecule is COc1cc(OC)c(OC)cc1C=NNC(=O)c1cc2ccccc2cc1OC. The molecule has 3 aromatic carbocycles. The molecule has 3 rings (SSSR count). The third-order valence-electron chi connectivity index (χ3n) is 4.42. The Kier molecular flexibility index (Phi) is 6.19. The van der Waals surface area contributed by atoms with E-state index < -0.39 is 0 Å². The van der Waals surface area contributed by atoms with Gasteiger partial charge in [-0.15, -0.1) is 0 Å². The normalized spacial score (nSPS) is 10.8. The van der Waals surface area contributed by atoms with Crippen molar-refractivity contribution in [2.45, 2.75) is 0 Å². The van der Waals surface area contributed by atoms with Crippen LogP contribution in [0.15, 0.2) is 53.6 Å². The Labute approximate surface area is 168 Å². The molecule has 0 spiro atoms. The molecule has 0 fully saturated rings. The highest BCUT2D eigenvalue weighted by Gasteiger charge is 2.14. The van der Waals surface area contributed by atoms with Gasteiger partial charge in [-0.25, -0.2) is 5.43 Å². The smallest absolute Gasteiger partial charge is 0.275 e. The summed E-state index contributed by atoms with van der Waals surface area (Å²) in [7, 11) is 6.15. The van der Waals surface area contributed by atoms with Gasteiger partial charge in [-0.2, -0.15) is 5.10 Å². The highest BCUT2D eigenvalue weighted by molar-refractivity contribution is 6.02. The zero-order chi connectivity index (χ0) is 20.8. The molecule has 0 radical (unpaired) electrons. The number of fused-ring (bicyclic) bond motifs is 1. The molecule has 0 saturated heterocycles. The van der Waals surface area contributed by atoms with Crippen molar-refractivity contribution in [2.24, 2.45) is 5.10 Å². The molecule has 1 N–H and O–H groups in total. The van der Waals surface area contributed by atoms with Gasteiger partial charge in [0.15, 0.2) is 11.5 Å². The fourth-order valence-corrected chi connectivity index (χ4v) is 2.94. The number of amides is 1. The van der Waals surface area contributed by atoms with Gasteiger partial charge < -0.3 is 18.9 Å². The van der Waals surface area contributed by atoms with Gasteiger partial charge in [-0.1, -0.05) is 24.3 Å². The highest BCUT2D eigenvalue weighted by Crippen LogP contribution is 2.33. The van der Waals surface area contributed by atoms with E-state index in [4.69, 9.17) is 18.9 Å². The zero-order valence-electron chi connectivity index (χ0n) is 16.7. The monoisotopic (exact) mass is 394 g/mol. The van der Waals surface area contributed by atoms with Crippen molar-refractivity contribution >= 4 is 22.9 Å². The Hall–Kier alpha value is -3.74. The summed E-state index contributed by atoms with van der Waals surface area (Å²) in [6.45, 7) is 0. The van der Waals surface area contributed by atoms with Crippen LogP contribution in [0.3, 0.4) is 0 Å². The maximum Gasteiger partial charge on any atom is 0.275 e. The molecular weight excluding hydrogens is 372 g/mol. The van der Waals surface area contributed by atoms with Crippen LogP contribution >= 0.6 is 0 Å². The van der Waals surface area contributed by atoms with Gasteiger partial charge in [0, 0.05) is 11.6 Å². The summed E-state index contributed by atoms with van der Waals surface area (Å²) in [5.74, 6) is 1.68. The number of methoxy groups -OCH3 is 4. The molecule has 29 heavy (non-hydrogen) atoms. The van der Waals surface area contributed by atoms with E-state index in [1.54, 1.807) is 32.4 Å². The molecule has 0 aliphatic heterocycles. The topological polar surface area (TPSA) is 78.4 Å². The van der Waals surface area contributed by atoms with Crippen molar-refractivity contribution in [3.63, 3.8) is 0 Å². The lowest BCUT2D eigenvalue weighted by atomic mass is 10.1. The summed E-state index contributed by atoms with van der Waals surface area (Å²) in [6, 6.07) is 14.7. The predicted octanol–water partition coefficient (Wildman–Crippen LogP) is 3.64. The average Bonchev–Trinajstić information content (AvgIpc) is 2.77. The molecule has 7 heteroatoms. The van der Waals surface area contributed by atoms with E-state index >= 15 is 0 Å². The minimum atomic E-state index is -0.386. The zero-order valence-corrected chi connectivity index (χ0v) is 16.7. The van der Waals surface area contributed by atoms with Crippen LogP contribution in [0, 0.1) is 0 Å². The Balaban J connectivity index is 1.85. The number of rotatable bonds is 7. The molecule has 150 valence electrons. The van der Waals surface area contributed by atoms with Gasteiger partial charge in [0.2, 0.25) is 0 Å². The number of nitrogens with one attached hydrogen (secondary N) is 1. The van der Waals surface area contributed by atoms with E-state index in [-0.39, 0.29) is 5.91 Å². The molecule has 0 unspecified atom stereocenters. The first-order valence-electron chi connectivity index (χ1n) is 8.81. The molecule has 0 bridgehead atoms.